The molecule has 4 nitrogen and oxygen atoms in total. The monoisotopic (exact) mass is 304 g/mol. The molecular weight excluding hydrogens is 275 g/mol. The van der Waals surface area contributed by atoms with Gasteiger partial charge in [-0.2, -0.15) is 0 Å². The number of rotatable bonds is 9. The number of hydrogen-bond donors (Lipinski definition) is 4. The Hall–Kier alpha value is 0.420. The fourth-order valence-corrected chi connectivity index (χ4v) is 1.54. The molecule has 0 bridgehead atoms. The molecule has 0 aliphatic carbocycles. The molecule has 2 unspecified atom stereocenters. The fraction of sp³-hybridized carbons (Fsp3) is 1.00. The van der Waals surface area contributed by atoms with Gasteiger partial charge in [0, 0.05) is 25.2 Å². The Morgan fingerprint density at radius 3 is 1.17 bits per heavy atom. The first kappa shape index (κ1) is 23.5. The number of halogens is 2. The Labute approximate surface area is 124 Å². The van der Waals surface area contributed by atoms with Gasteiger partial charge < -0.3 is 20.8 Å². The SMILES string of the molecule is CC(C)C(CO)NCCNC(CO)C(C)C.Cl.Cl. The van der Waals surface area contributed by atoms with E-state index in [1.54, 1.807) is 0 Å². The van der Waals surface area contributed by atoms with Crippen molar-refractivity contribution in [2.45, 2.75) is 39.8 Å². The van der Waals surface area contributed by atoms with Gasteiger partial charge in [0.15, 0.2) is 0 Å². The largest absolute Gasteiger partial charge is 0.395 e. The zero-order chi connectivity index (χ0) is 12.6. The van der Waals surface area contributed by atoms with Crippen molar-refractivity contribution in [3.8, 4) is 0 Å². The summed E-state index contributed by atoms with van der Waals surface area (Å²) in [6.07, 6.45) is 0. The van der Waals surface area contributed by atoms with Gasteiger partial charge in [-0.05, 0) is 11.8 Å². The summed E-state index contributed by atoms with van der Waals surface area (Å²) >= 11 is 0. The van der Waals surface area contributed by atoms with E-state index in [2.05, 4.69) is 38.3 Å². The Bertz CT molecular complexity index is 154. The van der Waals surface area contributed by atoms with E-state index >= 15 is 0 Å². The van der Waals surface area contributed by atoms with Gasteiger partial charge in [-0.15, -0.1) is 24.8 Å². The predicted molar refractivity (Wildman–Crippen MR) is 81.9 cm³/mol. The molecule has 0 heterocycles. The minimum Gasteiger partial charge on any atom is -0.395 e. The molecule has 0 aliphatic heterocycles. The number of aliphatic hydroxyl groups excluding tert-OH is 2. The van der Waals surface area contributed by atoms with Crippen molar-refractivity contribution in [1.82, 2.24) is 10.6 Å². The highest BCUT2D eigenvalue weighted by molar-refractivity contribution is 5.85. The third kappa shape index (κ3) is 10.4. The predicted octanol–water partition coefficient (Wildman–Crippen LogP) is 1.04. The standard InChI is InChI=1S/C12H28N2O2.2ClH/c1-9(2)11(7-15)13-5-6-14-12(8-16)10(3)4;;/h9-16H,5-8H2,1-4H3;2*1H. The van der Waals surface area contributed by atoms with Crippen molar-refractivity contribution in [1.29, 1.82) is 0 Å². The molecule has 18 heavy (non-hydrogen) atoms. The van der Waals surface area contributed by atoms with Gasteiger partial charge in [0.05, 0.1) is 13.2 Å². The van der Waals surface area contributed by atoms with Crippen LogP contribution in [0.3, 0.4) is 0 Å². The summed E-state index contributed by atoms with van der Waals surface area (Å²) in [4.78, 5) is 0. The highest BCUT2D eigenvalue weighted by Crippen LogP contribution is 2.00. The highest BCUT2D eigenvalue weighted by atomic mass is 35.5. The molecule has 0 aliphatic rings. The van der Waals surface area contributed by atoms with Gasteiger partial charge in [0.25, 0.3) is 0 Å². The Morgan fingerprint density at radius 2 is 1.00 bits per heavy atom. The molecule has 0 saturated carbocycles. The molecule has 0 fully saturated rings. The minimum atomic E-state index is 0. The topological polar surface area (TPSA) is 64.5 Å². The van der Waals surface area contributed by atoms with Crippen LogP contribution < -0.4 is 10.6 Å². The van der Waals surface area contributed by atoms with Crippen LogP contribution in [0.4, 0.5) is 0 Å². The maximum absolute atomic E-state index is 9.12. The molecule has 0 aromatic heterocycles. The average Bonchev–Trinajstić information content (AvgIpc) is 2.22. The van der Waals surface area contributed by atoms with Crippen LogP contribution in [-0.4, -0.2) is 48.6 Å². The third-order valence-corrected chi connectivity index (χ3v) is 2.94. The van der Waals surface area contributed by atoms with Crippen LogP contribution in [0.5, 0.6) is 0 Å². The molecule has 0 rings (SSSR count). The van der Waals surface area contributed by atoms with Gasteiger partial charge in [-0.25, -0.2) is 0 Å². The second-order valence-electron chi connectivity index (χ2n) is 4.97. The van der Waals surface area contributed by atoms with Crippen LogP contribution in [-0.2, 0) is 0 Å². The summed E-state index contributed by atoms with van der Waals surface area (Å²) in [5, 5.41) is 24.8. The molecule has 0 radical (unpaired) electrons. The lowest BCUT2D eigenvalue weighted by atomic mass is 10.1. The lowest BCUT2D eigenvalue weighted by molar-refractivity contribution is 0.200. The number of aliphatic hydroxyl groups is 2. The highest BCUT2D eigenvalue weighted by Gasteiger charge is 2.12. The maximum Gasteiger partial charge on any atom is 0.0587 e. The van der Waals surface area contributed by atoms with E-state index in [1.165, 1.54) is 0 Å². The Balaban J connectivity index is -0.00000112. The van der Waals surface area contributed by atoms with Crippen LogP contribution in [0.15, 0.2) is 0 Å². The van der Waals surface area contributed by atoms with Gasteiger partial charge in [-0.3, -0.25) is 0 Å². The van der Waals surface area contributed by atoms with Crippen molar-refractivity contribution >= 4 is 24.8 Å². The van der Waals surface area contributed by atoms with Crippen LogP contribution in [0, 0.1) is 11.8 Å². The lowest BCUT2D eigenvalue weighted by Crippen LogP contribution is -2.44. The van der Waals surface area contributed by atoms with Gasteiger partial charge in [0.2, 0.25) is 0 Å². The Morgan fingerprint density at radius 1 is 0.722 bits per heavy atom. The summed E-state index contributed by atoms with van der Waals surface area (Å²) in [6.45, 7) is 10.3. The summed E-state index contributed by atoms with van der Waals surface area (Å²) in [5.41, 5.74) is 0. The normalized spacial score (nSPS) is 14.0. The first-order chi connectivity index (χ1) is 7.52. The molecule has 2 atom stereocenters. The smallest absolute Gasteiger partial charge is 0.0587 e. The first-order valence-corrected chi connectivity index (χ1v) is 6.21. The van der Waals surface area contributed by atoms with Crippen molar-refractivity contribution in [2.24, 2.45) is 11.8 Å². The second kappa shape index (κ2) is 13.8. The molecule has 0 aromatic rings. The second-order valence-corrected chi connectivity index (χ2v) is 4.97. The fourth-order valence-electron chi connectivity index (χ4n) is 1.54. The van der Waals surface area contributed by atoms with Gasteiger partial charge >= 0.3 is 0 Å². The van der Waals surface area contributed by atoms with Crippen LogP contribution in [0.1, 0.15) is 27.7 Å². The summed E-state index contributed by atoms with van der Waals surface area (Å²) in [5.74, 6) is 0.868. The van der Waals surface area contributed by atoms with Crippen molar-refractivity contribution in [3.63, 3.8) is 0 Å². The van der Waals surface area contributed by atoms with E-state index in [0.29, 0.717) is 11.8 Å². The average molecular weight is 305 g/mol. The van der Waals surface area contributed by atoms with Crippen LogP contribution >= 0.6 is 24.8 Å². The van der Waals surface area contributed by atoms with E-state index < -0.39 is 0 Å². The zero-order valence-electron chi connectivity index (χ0n) is 11.8. The van der Waals surface area contributed by atoms with E-state index in [4.69, 9.17) is 10.2 Å². The summed E-state index contributed by atoms with van der Waals surface area (Å²) in [7, 11) is 0. The van der Waals surface area contributed by atoms with Crippen LogP contribution in [0.2, 0.25) is 0 Å². The molecule has 114 valence electrons. The van der Waals surface area contributed by atoms with Crippen LogP contribution in [0.25, 0.3) is 0 Å². The van der Waals surface area contributed by atoms with Crippen molar-refractivity contribution in [3.05, 3.63) is 0 Å². The van der Waals surface area contributed by atoms with E-state index in [9.17, 15) is 0 Å². The molecular formula is C12H30Cl2N2O2. The molecule has 0 amide bonds. The molecule has 0 saturated heterocycles. The van der Waals surface area contributed by atoms with Gasteiger partial charge in [-0.1, -0.05) is 27.7 Å². The first-order valence-electron chi connectivity index (χ1n) is 6.21. The quantitative estimate of drug-likeness (QED) is 0.481. The molecule has 4 N–H and O–H groups in total. The maximum atomic E-state index is 9.12. The summed E-state index contributed by atoms with van der Waals surface area (Å²) in [6, 6.07) is 0.321. The minimum absolute atomic E-state index is 0. The number of nitrogens with one attached hydrogen (secondary N) is 2. The van der Waals surface area contributed by atoms with Crippen molar-refractivity contribution < 1.29 is 10.2 Å². The summed E-state index contributed by atoms with van der Waals surface area (Å²) < 4.78 is 0. The van der Waals surface area contributed by atoms with E-state index in [1.807, 2.05) is 0 Å². The zero-order valence-corrected chi connectivity index (χ0v) is 13.5. The molecule has 0 spiro atoms. The molecule has 0 aromatic carbocycles. The lowest BCUT2D eigenvalue weighted by Gasteiger charge is -2.23. The molecule has 6 heteroatoms. The third-order valence-electron chi connectivity index (χ3n) is 2.94. The van der Waals surface area contributed by atoms with E-state index in [-0.39, 0.29) is 50.1 Å². The van der Waals surface area contributed by atoms with E-state index in [0.717, 1.165) is 13.1 Å². The Kier molecular flexibility index (Phi) is 18.1. The van der Waals surface area contributed by atoms with Crippen molar-refractivity contribution in [2.75, 3.05) is 26.3 Å². The van der Waals surface area contributed by atoms with Gasteiger partial charge in [0.1, 0.15) is 0 Å². The number of hydrogen-bond acceptors (Lipinski definition) is 4.